The number of rotatable bonds is 8. The molecule has 0 fully saturated rings. The summed E-state index contributed by atoms with van der Waals surface area (Å²) in [7, 11) is 1.58. The van der Waals surface area contributed by atoms with Crippen LogP contribution >= 0.6 is 0 Å². The molecule has 0 saturated heterocycles. The number of hydrogen-bond acceptors (Lipinski definition) is 3. The minimum Gasteiger partial charge on any atom is -0.380 e. The number of aryl methyl sites for hydroxylation is 1. The van der Waals surface area contributed by atoms with Crippen molar-refractivity contribution < 1.29 is 9.53 Å². The largest absolute Gasteiger partial charge is 0.380 e. The summed E-state index contributed by atoms with van der Waals surface area (Å²) in [5.41, 5.74) is 8.00. The van der Waals surface area contributed by atoms with E-state index in [1.807, 2.05) is 0 Å². The molecule has 0 aliphatic carbocycles. The molecule has 1 rings (SSSR count). The average molecular weight is 292 g/mol. The van der Waals surface area contributed by atoms with Gasteiger partial charge in [0.25, 0.3) is 0 Å². The molecule has 3 N–H and O–H groups in total. The molecule has 1 aromatic carbocycles. The zero-order chi connectivity index (χ0) is 15.8. The first-order valence-electron chi connectivity index (χ1n) is 7.62. The Morgan fingerprint density at radius 1 is 1.29 bits per heavy atom. The van der Waals surface area contributed by atoms with Crippen molar-refractivity contribution in [1.29, 1.82) is 0 Å². The molecule has 0 aliphatic heterocycles. The van der Waals surface area contributed by atoms with Gasteiger partial charge in [-0.3, -0.25) is 4.79 Å². The van der Waals surface area contributed by atoms with E-state index in [-0.39, 0.29) is 18.1 Å². The molecule has 1 aromatic rings. The van der Waals surface area contributed by atoms with Crippen LogP contribution in [0.2, 0.25) is 0 Å². The van der Waals surface area contributed by atoms with E-state index in [9.17, 15) is 4.79 Å². The molecule has 2 atom stereocenters. The maximum atomic E-state index is 12.1. The van der Waals surface area contributed by atoms with Gasteiger partial charge in [0, 0.05) is 13.7 Å². The van der Waals surface area contributed by atoms with Crippen molar-refractivity contribution in [2.24, 2.45) is 11.7 Å². The molecule has 0 bridgehead atoms. The Hall–Kier alpha value is -1.39. The van der Waals surface area contributed by atoms with Gasteiger partial charge in [0.2, 0.25) is 5.91 Å². The van der Waals surface area contributed by atoms with Gasteiger partial charge in [-0.05, 0) is 23.5 Å². The highest BCUT2D eigenvalue weighted by Crippen LogP contribution is 2.22. The molecule has 118 valence electrons. The third-order valence-electron chi connectivity index (χ3n) is 3.74. The van der Waals surface area contributed by atoms with E-state index >= 15 is 0 Å². The molecule has 0 heterocycles. The van der Waals surface area contributed by atoms with Crippen molar-refractivity contribution in [2.45, 2.75) is 45.8 Å². The predicted molar refractivity (Wildman–Crippen MR) is 86.0 cm³/mol. The first-order valence-corrected chi connectivity index (χ1v) is 7.62. The van der Waals surface area contributed by atoms with Crippen LogP contribution in [0.4, 0.5) is 0 Å². The van der Waals surface area contributed by atoms with Crippen LogP contribution in [0, 0.1) is 5.92 Å². The lowest BCUT2D eigenvalue weighted by Crippen LogP contribution is -2.36. The Bertz CT molecular complexity index is 425. The number of nitrogens with two attached hydrogens (primary N) is 1. The van der Waals surface area contributed by atoms with Crippen LogP contribution in [0.25, 0.3) is 0 Å². The lowest BCUT2D eigenvalue weighted by atomic mass is 9.94. The first kappa shape index (κ1) is 17.7. The summed E-state index contributed by atoms with van der Waals surface area (Å²) in [6.07, 6.45) is 1.09. The van der Waals surface area contributed by atoms with Crippen molar-refractivity contribution in [2.75, 3.05) is 13.7 Å². The fraction of sp³-hybridized carbons (Fsp3) is 0.588. The summed E-state index contributed by atoms with van der Waals surface area (Å²) < 4.78 is 5.16. The molecular formula is C17H28N2O2. The van der Waals surface area contributed by atoms with Gasteiger partial charge in [-0.15, -0.1) is 0 Å². The Labute approximate surface area is 128 Å². The summed E-state index contributed by atoms with van der Waals surface area (Å²) in [6.45, 7) is 6.70. The number of hydrogen-bond donors (Lipinski definition) is 2. The van der Waals surface area contributed by atoms with Crippen molar-refractivity contribution in [3.05, 3.63) is 35.4 Å². The predicted octanol–water partition coefficient (Wildman–Crippen LogP) is 2.43. The molecule has 21 heavy (non-hydrogen) atoms. The summed E-state index contributed by atoms with van der Waals surface area (Å²) in [6, 6.07) is 8.45. The highest BCUT2D eigenvalue weighted by Gasteiger charge is 2.20. The Balaban J connectivity index is 2.75. The molecule has 0 radical (unpaired) electrons. The van der Waals surface area contributed by atoms with Gasteiger partial charge in [-0.2, -0.15) is 0 Å². The molecule has 0 spiro atoms. The zero-order valence-electron chi connectivity index (χ0n) is 13.6. The van der Waals surface area contributed by atoms with E-state index in [0.29, 0.717) is 18.9 Å². The van der Waals surface area contributed by atoms with Gasteiger partial charge >= 0.3 is 0 Å². The molecule has 4 heteroatoms. The van der Waals surface area contributed by atoms with E-state index < -0.39 is 0 Å². The molecule has 2 unspecified atom stereocenters. The summed E-state index contributed by atoms with van der Waals surface area (Å²) in [5, 5.41) is 3.09. The van der Waals surface area contributed by atoms with E-state index in [1.165, 1.54) is 5.56 Å². The van der Waals surface area contributed by atoms with Crippen LogP contribution in [-0.2, 0) is 16.0 Å². The second-order valence-electron chi connectivity index (χ2n) is 5.68. The van der Waals surface area contributed by atoms with Gasteiger partial charge in [0.1, 0.15) is 0 Å². The Morgan fingerprint density at radius 2 is 1.90 bits per heavy atom. The van der Waals surface area contributed by atoms with Crippen LogP contribution < -0.4 is 11.1 Å². The average Bonchev–Trinajstić information content (AvgIpc) is 2.50. The second-order valence-corrected chi connectivity index (χ2v) is 5.68. The molecular weight excluding hydrogens is 264 g/mol. The van der Waals surface area contributed by atoms with Crippen LogP contribution in [-0.4, -0.2) is 25.7 Å². The van der Waals surface area contributed by atoms with E-state index in [0.717, 1.165) is 12.0 Å². The summed E-state index contributed by atoms with van der Waals surface area (Å²) in [4.78, 5) is 12.1. The smallest absolute Gasteiger partial charge is 0.223 e. The number of amides is 1. The first-order chi connectivity index (χ1) is 10.0. The van der Waals surface area contributed by atoms with E-state index in [1.54, 1.807) is 7.11 Å². The van der Waals surface area contributed by atoms with Gasteiger partial charge in [-0.1, -0.05) is 45.0 Å². The molecule has 0 saturated carbocycles. The molecule has 4 nitrogen and oxygen atoms in total. The lowest BCUT2D eigenvalue weighted by molar-refractivity contribution is -0.124. The Kier molecular flexibility index (Phi) is 7.40. The van der Waals surface area contributed by atoms with Crippen LogP contribution in [0.3, 0.4) is 0 Å². The summed E-state index contributed by atoms with van der Waals surface area (Å²) >= 11 is 0. The third kappa shape index (κ3) is 5.48. The zero-order valence-corrected chi connectivity index (χ0v) is 13.6. The van der Waals surface area contributed by atoms with Crippen LogP contribution in [0.15, 0.2) is 24.3 Å². The van der Waals surface area contributed by atoms with E-state index in [2.05, 4.69) is 50.4 Å². The SMILES string of the molecule is CCc1ccc(C(NC(=O)CC(CN)OC)C(C)C)cc1. The van der Waals surface area contributed by atoms with E-state index in [4.69, 9.17) is 10.5 Å². The minimum absolute atomic E-state index is 0.0127. The van der Waals surface area contributed by atoms with Crippen LogP contribution in [0.5, 0.6) is 0 Å². The molecule has 1 amide bonds. The number of benzene rings is 1. The Morgan fingerprint density at radius 3 is 2.33 bits per heavy atom. The van der Waals surface area contributed by atoms with Gasteiger partial charge < -0.3 is 15.8 Å². The van der Waals surface area contributed by atoms with Crippen molar-refractivity contribution in [3.63, 3.8) is 0 Å². The maximum absolute atomic E-state index is 12.1. The standard InChI is InChI=1S/C17H28N2O2/c1-5-13-6-8-14(9-7-13)17(12(2)3)19-16(20)10-15(11-18)21-4/h6-9,12,15,17H,5,10-11,18H2,1-4H3,(H,19,20). The van der Waals surface area contributed by atoms with Gasteiger partial charge in [0.15, 0.2) is 0 Å². The number of carbonyl (C=O) groups excluding carboxylic acids is 1. The third-order valence-corrected chi connectivity index (χ3v) is 3.74. The van der Waals surface area contributed by atoms with Gasteiger partial charge in [0.05, 0.1) is 18.6 Å². The topological polar surface area (TPSA) is 64.4 Å². The number of ether oxygens (including phenoxy) is 1. The van der Waals surface area contributed by atoms with Crippen LogP contribution in [0.1, 0.15) is 44.4 Å². The fourth-order valence-corrected chi connectivity index (χ4v) is 2.30. The molecule has 0 aromatic heterocycles. The second kappa shape index (κ2) is 8.80. The quantitative estimate of drug-likeness (QED) is 0.773. The highest BCUT2D eigenvalue weighted by atomic mass is 16.5. The monoisotopic (exact) mass is 292 g/mol. The number of nitrogens with one attached hydrogen (secondary N) is 1. The fourth-order valence-electron chi connectivity index (χ4n) is 2.30. The maximum Gasteiger partial charge on any atom is 0.223 e. The normalized spacial score (nSPS) is 14.0. The summed E-state index contributed by atoms with van der Waals surface area (Å²) in [5.74, 6) is 0.297. The molecule has 0 aliphatic rings. The highest BCUT2D eigenvalue weighted by molar-refractivity contribution is 5.77. The van der Waals surface area contributed by atoms with Gasteiger partial charge in [-0.25, -0.2) is 0 Å². The number of carbonyl (C=O) groups is 1. The minimum atomic E-state index is -0.222. The van der Waals surface area contributed by atoms with Crippen molar-refractivity contribution in [1.82, 2.24) is 5.32 Å². The van der Waals surface area contributed by atoms with Crippen molar-refractivity contribution in [3.8, 4) is 0 Å². The van der Waals surface area contributed by atoms with Crippen molar-refractivity contribution >= 4 is 5.91 Å². The lowest BCUT2D eigenvalue weighted by Gasteiger charge is -2.24. The number of methoxy groups -OCH3 is 1.